The summed E-state index contributed by atoms with van der Waals surface area (Å²) in [6, 6.07) is 14.3. The standard InChI is InChI=1S/C33H43FN6O4/c1-7-39(8-2)18-11-19-40(31(42)36-25-15-16-26(34)23(3)20-25)22-24-14-17-29(35-21-24)30(41)37-27-12-9-10-13-28(27)38-32(43)44-33(4,5)6/h9-10,12-17,20-21H,7-8,11,18-19,22H2,1-6H3,(H,36,42)(H,37,41)(H,38,43). The van der Waals surface area contributed by atoms with Gasteiger partial charge in [0.25, 0.3) is 5.91 Å². The second kappa shape index (κ2) is 15.8. The summed E-state index contributed by atoms with van der Waals surface area (Å²) in [5, 5.41) is 8.31. The van der Waals surface area contributed by atoms with Gasteiger partial charge in [-0.15, -0.1) is 0 Å². The largest absolute Gasteiger partial charge is 0.444 e. The smallest absolute Gasteiger partial charge is 0.412 e. The van der Waals surface area contributed by atoms with Crippen molar-refractivity contribution < 1.29 is 23.5 Å². The monoisotopic (exact) mass is 606 g/mol. The number of benzene rings is 2. The molecule has 0 aliphatic rings. The van der Waals surface area contributed by atoms with Gasteiger partial charge in [0.1, 0.15) is 17.1 Å². The van der Waals surface area contributed by atoms with Gasteiger partial charge in [-0.25, -0.2) is 14.0 Å². The number of ether oxygens (including phenoxy) is 1. The predicted molar refractivity (Wildman–Crippen MR) is 171 cm³/mol. The first kappa shape index (κ1) is 34.0. The van der Waals surface area contributed by atoms with Crippen LogP contribution >= 0.6 is 0 Å². The lowest BCUT2D eigenvalue weighted by Gasteiger charge is -2.25. The van der Waals surface area contributed by atoms with Crippen molar-refractivity contribution in [2.24, 2.45) is 0 Å². The van der Waals surface area contributed by atoms with Crippen LogP contribution in [0.4, 0.5) is 31.0 Å². The molecule has 3 N–H and O–H groups in total. The summed E-state index contributed by atoms with van der Waals surface area (Å²) < 4.78 is 19.1. The maximum atomic E-state index is 13.7. The normalized spacial score (nSPS) is 11.2. The number of aryl methyl sites for hydroxylation is 1. The molecule has 0 radical (unpaired) electrons. The molecule has 2 aromatic carbocycles. The SMILES string of the molecule is CCN(CC)CCCN(Cc1ccc(C(=O)Nc2ccccc2NC(=O)OC(C)(C)C)nc1)C(=O)Nc1ccc(F)c(C)c1. The van der Waals surface area contributed by atoms with Gasteiger partial charge in [0.05, 0.1) is 11.4 Å². The van der Waals surface area contributed by atoms with Gasteiger partial charge >= 0.3 is 12.1 Å². The third-order valence-electron chi connectivity index (χ3n) is 6.73. The fourth-order valence-corrected chi connectivity index (χ4v) is 4.38. The number of carbonyl (C=O) groups excluding carboxylic acids is 3. The summed E-state index contributed by atoms with van der Waals surface area (Å²) >= 11 is 0. The third kappa shape index (κ3) is 10.6. The molecule has 11 heteroatoms. The van der Waals surface area contributed by atoms with Gasteiger partial charge in [-0.1, -0.05) is 32.0 Å². The summed E-state index contributed by atoms with van der Waals surface area (Å²) in [5.41, 5.74) is 1.96. The molecule has 0 atom stereocenters. The number of amides is 4. The topological polar surface area (TPSA) is 116 Å². The second-order valence-electron chi connectivity index (χ2n) is 11.4. The van der Waals surface area contributed by atoms with Crippen LogP contribution in [-0.4, -0.2) is 64.6 Å². The lowest BCUT2D eigenvalue weighted by molar-refractivity contribution is 0.0635. The summed E-state index contributed by atoms with van der Waals surface area (Å²) in [5.74, 6) is -0.799. The zero-order valence-electron chi connectivity index (χ0n) is 26.4. The number of nitrogens with one attached hydrogen (secondary N) is 3. The Morgan fingerprint density at radius 1 is 0.909 bits per heavy atom. The maximum Gasteiger partial charge on any atom is 0.412 e. The van der Waals surface area contributed by atoms with E-state index in [9.17, 15) is 18.8 Å². The van der Waals surface area contributed by atoms with Crippen LogP contribution in [0.1, 0.15) is 62.7 Å². The van der Waals surface area contributed by atoms with Crippen molar-refractivity contribution in [2.45, 2.75) is 60.1 Å². The molecule has 44 heavy (non-hydrogen) atoms. The number of halogens is 1. The highest BCUT2D eigenvalue weighted by molar-refractivity contribution is 6.05. The molecule has 0 saturated carbocycles. The van der Waals surface area contributed by atoms with E-state index in [4.69, 9.17) is 4.74 Å². The minimum absolute atomic E-state index is 0.167. The van der Waals surface area contributed by atoms with E-state index in [-0.39, 0.29) is 24.1 Å². The number of rotatable bonds is 12. The Morgan fingerprint density at radius 2 is 1.59 bits per heavy atom. The average Bonchev–Trinajstić information content (AvgIpc) is 2.97. The Bertz CT molecular complexity index is 1420. The molecule has 0 saturated heterocycles. The van der Waals surface area contributed by atoms with E-state index in [0.29, 0.717) is 29.2 Å². The minimum atomic E-state index is -0.671. The highest BCUT2D eigenvalue weighted by Gasteiger charge is 2.19. The Labute approximate surface area is 259 Å². The number of nitrogens with zero attached hydrogens (tertiary/aromatic N) is 3. The van der Waals surface area contributed by atoms with Crippen LogP contribution in [0.3, 0.4) is 0 Å². The molecule has 3 rings (SSSR count). The van der Waals surface area contributed by atoms with Crippen molar-refractivity contribution in [3.05, 3.63) is 83.4 Å². The van der Waals surface area contributed by atoms with E-state index in [1.165, 1.54) is 12.1 Å². The van der Waals surface area contributed by atoms with Crippen LogP contribution in [0.5, 0.6) is 0 Å². The number of carbonyl (C=O) groups is 3. The van der Waals surface area contributed by atoms with Crippen molar-refractivity contribution in [2.75, 3.05) is 42.1 Å². The summed E-state index contributed by atoms with van der Waals surface area (Å²) in [6.45, 7) is 14.6. The lowest BCUT2D eigenvalue weighted by Crippen LogP contribution is -2.37. The molecule has 4 amide bonds. The molecule has 236 valence electrons. The molecule has 0 fully saturated rings. The lowest BCUT2D eigenvalue weighted by atomic mass is 10.2. The quantitative estimate of drug-likeness (QED) is 0.207. The van der Waals surface area contributed by atoms with Gasteiger partial charge in [-0.05, 0) is 101 Å². The Kier molecular flexibility index (Phi) is 12.2. The van der Waals surface area contributed by atoms with Crippen molar-refractivity contribution in [3.63, 3.8) is 0 Å². The van der Waals surface area contributed by atoms with Crippen molar-refractivity contribution >= 4 is 35.1 Å². The van der Waals surface area contributed by atoms with Crippen molar-refractivity contribution in [1.82, 2.24) is 14.8 Å². The van der Waals surface area contributed by atoms with Crippen molar-refractivity contribution in [3.8, 4) is 0 Å². The molecule has 0 aliphatic heterocycles. The van der Waals surface area contributed by atoms with Crippen LogP contribution in [0, 0.1) is 12.7 Å². The van der Waals surface area contributed by atoms with E-state index < -0.39 is 17.6 Å². The highest BCUT2D eigenvalue weighted by atomic mass is 19.1. The Hall–Kier alpha value is -4.51. The number of para-hydroxylation sites is 2. The molecule has 0 aliphatic carbocycles. The number of hydrogen-bond donors (Lipinski definition) is 3. The van der Waals surface area contributed by atoms with E-state index in [2.05, 4.69) is 39.7 Å². The van der Waals surface area contributed by atoms with Crippen LogP contribution in [0.2, 0.25) is 0 Å². The number of anilines is 3. The number of hydrogen-bond acceptors (Lipinski definition) is 6. The first-order valence-corrected chi connectivity index (χ1v) is 14.8. The molecule has 1 heterocycles. The Balaban J connectivity index is 1.69. The number of urea groups is 1. The van der Waals surface area contributed by atoms with Gasteiger partial charge in [0.15, 0.2) is 0 Å². The predicted octanol–water partition coefficient (Wildman–Crippen LogP) is 6.89. The van der Waals surface area contributed by atoms with Crippen LogP contribution in [0.15, 0.2) is 60.8 Å². The van der Waals surface area contributed by atoms with Crippen LogP contribution in [-0.2, 0) is 11.3 Å². The first-order valence-electron chi connectivity index (χ1n) is 14.8. The molecule has 10 nitrogen and oxygen atoms in total. The average molecular weight is 607 g/mol. The third-order valence-corrected chi connectivity index (χ3v) is 6.73. The first-order chi connectivity index (χ1) is 20.9. The van der Waals surface area contributed by atoms with Crippen LogP contribution < -0.4 is 16.0 Å². The van der Waals surface area contributed by atoms with Gasteiger partial charge in [-0.2, -0.15) is 0 Å². The number of pyridine rings is 1. The highest BCUT2D eigenvalue weighted by Crippen LogP contribution is 2.23. The summed E-state index contributed by atoms with van der Waals surface area (Å²) in [7, 11) is 0. The van der Waals surface area contributed by atoms with Crippen molar-refractivity contribution in [1.29, 1.82) is 0 Å². The van der Waals surface area contributed by atoms with Crippen LogP contribution in [0.25, 0.3) is 0 Å². The second-order valence-corrected chi connectivity index (χ2v) is 11.4. The molecule has 1 aromatic heterocycles. The molecule has 0 spiro atoms. The maximum absolute atomic E-state index is 13.7. The number of aromatic nitrogens is 1. The van der Waals surface area contributed by atoms with E-state index in [0.717, 1.165) is 31.6 Å². The zero-order chi connectivity index (χ0) is 32.3. The zero-order valence-corrected chi connectivity index (χ0v) is 26.4. The Morgan fingerprint density at radius 3 is 2.18 bits per heavy atom. The molecular weight excluding hydrogens is 563 g/mol. The van der Waals surface area contributed by atoms with Gasteiger partial charge in [0.2, 0.25) is 0 Å². The van der Waals surface area contributed by atoms with E-state index >= 15 is 0 Å². The fourth-order valence-electron chi connectivity index (χ4n) is 4.38. The summed E-state index contributed by atoms with van der Waals surface area (Å²) in [4.78, 5) is 46.9. The van der Waals surface area contributed by atoms with Gasteiger partial charge in [-0.3, -0.25) is 15.1 Å². The van der Waals surface area contributed by atoms with Gasteiger partial charge in [0, 0.05) is 25.0 Å². The minimum Gasteiger partial charge on any atom is -0.444 e. The van der Waals surface area contributed by atoms with E-state index in [1.807, 2.05) is 0 Å². The summed E-state index contributed by atoms with van der Waals surface area (Å²) in [6.07, 6.45) is 1.69. The molecular formula is C33H43FN6O4. The molecule has 0 unspecified atom stereocenters. The molecule has 3 aromatic rings. The fraction of sp³-hybridized carbons (Fsp3) is 0.394. The van der Waals surface area contributed by atoms with E-state index in [1.54, 1.807) is 81.3 Å². The van der Waals surface area contributed by atoms with Gasteiger partial charge < -0.3 is 25.2 Å². The molecule has 0 bridgehead atoms.